The van der Waals surface area contributed by atoms with Gasteiger partial charge in [-0.05, 0) is 32.3 Å². The molecule has 0 saturated carbocycles. The number of nitrogens with one attached hydrogen (secondary N) is 3. The predicted octanol–water partition coefficient (Wildman–Crippen LogP) is 0.407. The summed E-state index contributed by atoms with van der Waals surface area (Å²) in [6.45, 7) is 3.86. The molecule has 0 radical (unpaired) electrons. The van der Waals surface area contributed by atoms with Gasteiger partial charge in [0.05, 0.1) is 0 Å². The van der Waals surface area contributed by atoms with Crippen molar-refractivity contribution in [2.45, 2.75) is 38.8 Å². The lowest BCUT2D eigenvalue weighted by Gasteiger charge is -2.14. The van der Waals surface area contributed by atoms with Crippen LogP contribution in [0.2, 0.25) is 0 Å². The lowest BCUT2D eigenvalue weighted by Crippen LogP contribution is -2.47. The van der Waals surface area contributed by atoms with Gasteiger partial charge in [-0.15, -0.1) is 0 Å². The first-order valence-corrected chi connectivity index (χ1v) is 7.81. The fourth-order valence-electron chi connectivity index (χ4n) is 1.39. The second kappa shape index (κ2) is 10.4. The Balaban J connectivity index is 3.96. The van der Waals surface area contributed by atoms with E-state index in [1.165, 1.54) is 11.8 Å². The highest BCUT2D eigenvalue weighted by Crippen LogP contribution is 2.00. The topological polar surface area (TPSA) is 108 Å². The van der Waals surface area contributed by atoms with Gasteiger partial charge in [0.1, 0.15) is 6.04 Å². The minimum Gasteiger partial charge on any atom is -0.480 e. The van der Waals surface area contributed by atoms with Gasteiger partial charge in [0.15, 0.2) is 0 Å². The first kappa shape index (κ1) is 18.6. The van der Waals surface area contributed by atoms with E-state index in [4.69, 9.17) is 5.11 Å². The molecule has 1 atom stereocenters. The van der Waals surface area contributed by atoms with Gasteiger partial charge >= 0.3 is 12.0 Å². The molecule has 0 aliphatic rings. The van der Waals surface area contributed by atoms with Gasteiger partial charge in [-0.3, -0.25) is 4.79 Å². The third kappa shape index (κ3) is 9.48. The maximum absolute atomic E-state index is 11.5. The quantitative estimate of drug-likeness (QED) is 0.493. The number of carbonyl (C=O) groups is 3. The smallest absolute Gasteiger partial charge is 0.326 e. The van der Waals surface area contributed by atoms with Crippen LogP contribution < -0.4 is 16.0 Å². The highest BCUT2D eigenvalue weighted by Gasteiger charge is 2.19. The average molecular weight is 305 g/mol. The zero-order valence-electron chi connectivity index (χ0n) is 12.1. The van der Waals surface area contributed by atoms with Crippen LogP contribution in [0.1, 0.15) is 26.7 Å². The van der Waals surface area contributed by atoms with Crippen molar-refractivity contribution in [2.24, 2.45) is 0 Å². The zero-order valence-corrected chi connectivity index (χ0v) is 12.9. The van der Waals surface area contributed by atoms with E-state index in [1.807, 2.05) is 20.1 Å². The SMILES string of the molecule is CSCCC(NC(=O)NCCC(=O)NC(C)C)C(=O)O. The average Bonchev–Trinajstić information content (AvgIpc) is 2.33. The normalized spacial score (nSPS) is 11.8. The van der Waals surface area contributed by atoms with Crippen LogP contribution in [0.15, 0.2) is 0 Å². The minimum atomic E-state index is -1.06. The van der Waals surface area contributed by atoms with Crippen LogP contribution in [0.4, 0.5) is 4.79 Å². The predicted molar refractivity (Wildman–Crippen MR) is 78.9 cm³/mol. The molecule has 0 aliphatic carbocycles. The standard InChI is InChI=1S/C12H23N3O4S/c1-8(2)14-10(16)4-6-13-12(19)15-9(11(17)18)5-7-20-3/h8-9H,4-7H2,1-3H3,(H,14,16)(H,17,18)(H2,13,15,19). The van der Waals surface area contributed by atoms with Gasteiger partial charge in [0, 0.05) is 19.0 Å². The van der Waals surface area contributed by atoms with Gasteiger partial charge < -0.3 is 21.1 Å². The summed E-state index contributed by atoms with van der Waals surface area (Å²) in [6, 6.07) is -1.43. The van der Waals surface area contributed by atoms with E-state index < -0.39 is 18.0 Å². The number of aliphatic carboxylic acids is 1. The maximum Gasteiger partial charge on any atom is 0.326 e. The van der Waals surface area contributed by atoms with Crippen molar-refractivity contribution in [3.8, 4) is 0 Å². The maximum atomic E-state index is 11.5. The molecular formula is C12H23N3O4S. The molecule has 0 saturated heterocycles. The highest BCUT2D eigenvalue weighted by molar-refractivity contribution is 7.98. The number of carboxylic acid groups (broad SMARTS) is 1. The molecule has 0 aliphatic heterocycles. The Morgan fingerprint density at radius 1 is 1.20 bits per heavy atom. The van der Waals surface area contributed by atoms with Gasteiger partial charge in [-0.2, -0.15) is 11.8 Å². The molecule has 1 unspecified atom stereocenters. The van der Waals surface area contributed by atoms with Crippen LogP contribution in [-0.2, 0) is 9.59 Å². The van der Waals surface area contributed by atoms with Crippen molar-refractivity contribution in [1.29, 1.82) is 0 Å². The number of amides is 3. The number of hydrogen-bond acceptors (Lipinski definition) is 4. The largest absolute Gasteiger partial charge is 0.480 e. The molecule has 0 aromatic carbocycles. The molecule has 8 heteroatoms. The molecule has 7 nitrogen and oxygen atoms in total. The fourth-order valence-corrected chi connectivity index (χ4v) is 1.86. The third-order valence-electron chi connectivity index (χ3n) is 2.30. The van der Waals surface area contributed by atoms with Crippen LogP contribution in [0.5, 0.6) is 0 Å². The molecule has 0 heterocycles. The molecule has 0 fully saturated rings. The molecule has 0 spiro atoms. The van der Waals surface area contributed by atoms with Gasteiger partial charge in [0.2, 0.25) is 5.91 Å². The summed E-state index contributed by atoms with van der Waals surface area (Å²) < 4.78 is 0. The summed E-state index contributed by atoms with van der Waals surface area (Å²) in [5.74, 6) is -0.571. The summed E-state index contributed by atoms with van der Waals surface area (Å²) in [4.78, 5) is 33.8. The Kier molecular flexibility index (Phi) is 9.61. The third-order valence-corrected chi connectivity index (χ3v) is 2.95. The molecule has 0 aromatic rings. The van der Waals surface area contributed by atoms with E-state index in [2.05, 4.69) is 16.0 Å². The molecule has 0 aromatic heterocycles. The van der Waals surface area contributed by atoms with Crippen LogP contribution in [0, 0.1) is 0 Å². The van der Waals surface area contributed by atoms with Crippen LogP contribution >= 0.6 is 11.8 Å². The Labute approximate surface area is 123 Å². The van der Waals surface area contributed by atoms with E-state index >= 15 is 0 Å². The first-order chi connectivity index (χ1) is 9.36. The summed E-state index contributed by atoms with van der Waals surface area (Å²) in [5.41, 5.74) is 0. The monoisotopic (exact) mass is 305 g/mol. The summed E-state index contributed by atoms with van der Waals surface area (Å²) in [6.07, 6.45) is 2.39. The molecular weight excluding hydrogens is 282 g/mol. The van der Waals surface area contributed by atoms with Crippen molar-refractivity contribution in [2.75, 3.05) is 18.6 Å². The Morgan fingerprint density at radius 3 is 2.35 bits per heavy atom. The van der Waals surface area contributed by atoms with Crippen LogP contribution in [0.3, 0.4) is 0 Å². The van der Waals surface area contributed by atoms with E-state index in [1.54, 1.807) is 0 Å². The van der Waals surface area contributed by atoms with Crippen molar-refractivity contribution in [3.05, 3.63) is 0 Å². The van der Waals surface area contributed by atoms with Gasteiger partial charge in [-0.25, -0.2) is 9.59 Å². The Morgan fingerprint density at radius 2 is 1.85 bits per heavy atom. The molecule has 0 rings (SSSR count). The van der Waals surface area contributed by atoms with Crippen molar-refractivity contribution < 1.29 is 19.5 Å². The summed E-state index contributed by atoms with van der Waals surface area (Å²) in [7, 11) is 0. The zero-order chi connectivity index (χ0) is 15.5. The van der Waals surface area contributed by atoms with Crippen LogP contribution in [-0.4, -0.2) is 53.7 Å². The molecule has 0 bridgehead atoms. The van der Waals surface area contributed by atoms with Crippen molar-refractivity contribution in [1.82, 2.24) is 16.0 Å². The number of hydrogen-bond donors (Lipinski definition) is 4. The molecule has 3 amide bonds. The number of carbonyl (C=O) groups excluding carboxylic acids is 2. The van der Waals surface area contributed by atoms with Crippen LogP contribution in [0.25, 0.3) is 0 Å². The molecule has 116 valence electrons. The number of carboxylic acids is 1. The first-order valence-electron chi connectivity index (χ1n) is 6.42. The second-order valence-corrected chi connectivity index (χ2v) is 5.53. The van der Waals surface area contributed by atoms with Gasteiger partial charge in [0.25, 0.3) is 0 Å². The van der Waals surface area contributed by atoms with Crippen molar-refractivity contribution in [3.63, 3.8) is 0 Å². The Hall–Kier alpha value is -1.44. The van der Waals surface area contributed by atoms with E-state index in [0.29, 0.717) is 12.2 Å². The van der Waals surface area contributed by atoms with E-state index in [9.17, 15) is 14.4 Å². The number of rotatable bonds is 9. The molecule has 20 heavy (non-hydrogen) atoms. The van der Waals surface area contributed by atoms with Crippen molar-refractivity contribution >= 4 is 29.7 Å². The number of urea groups is 1. The lowest BCUT2D eigenvalue weighted by molar-refractivity contribution is -0.139. The number of thioether (sulfide) groups is 1. The summed E-state index contributed by atoms with van der Waals surface area (Å²) >= 11 is 1.51. The molecule has 4 N–H and O–H groups in total. The van der Waals surface area contributed by atoms with E-state index in [-0.39, 0.29) is 24.9 Å². The van der Waals surface area contributed by atoms with Gasteiger partial charge in [-0.1, -0.05) is 0 Å². The fraction of sp³-hybridized carbons (Fsp3) is 0.750. The Bertz CT molecular complexity index is 337. The highest BCUT2D eigenvalue weighted by atomic mass is 32.2. The lowest BCUT2D eigenvalue weighted by atomic mass is 10.2. The van der Waals surface area contributed by atoms with E-state index in [0.717, 1.165) is 0 Å². The summed E-state index contributed by atoms with van der Waals surface area (Å²) in [5, 5.41) is 16.5. The minimum absolute atomic E-state index is 0.0549. The second-order valence-electron chi connectivity index (χ2n) is 4.54.